The summed E-state index contributed by atoms with van der Waals surface area (Å²) < 4.78 is 10.4. The number of carbonyl (C=O) groups excluding carboxylic acids is 2. The van der Waals surface area contributed by atoms with Crippen LogP contribution in [0.2, 0.25) is 0 Å². The van der Waals surface area contributed by atoms with Gasteiger partial charge in [0.05, 0.1) is 37.5 Å². The Kier molecular flexibility index (Phi) is 5.81. The SMILES string of the molecule is NC(=S)CNC(=O)C(=O)NCC1COCCO1. The Labute approximate surface area is 104 Å². The molecule has 1 aliphatic heterocycles. The Hall–Kier alpha value is -1.25. The summed E-state index contributed by atoms with van der Waals surface area (Å²) >= 11 is 4.56. The molecule has 0 aromatic rings. The summed E-state index contributed by atoms with van der Waals surface area (Å²) in [5, 5.41) is 4.72. The van der Waals surface area contributed by atoms with Crippen LogP contribution >= 0.6 is 12.2 Å². The minimum absolute atomic E-state index is 0.00459. The van der Waals surface area contributed by atoms with E-state index >= 15 is 0 Å². The predicted molar refractivity (Wildman–Crippen MR) is 63.4 cm³/mol. The van der Waals surface area contributed by atoms with E-state index in [2.05, 4.69) is 22.9 Å². The molecule has 17 heavy (non-hydrogen) atoms. The van der Waals surface area contributed by atoms with E-state index in [0.29, 0.717) is 19.8 Å². The Morgan fingerprint density at radius 1 is 1.29 bits per heavy atom. The number of rotatable bonds is 4. The first-order chi connectivity index (χ1) is 8.09. The van der Waals surface area contributed by atoms with Gasteiger partial charge in [0.2, 0.25) is 0 Å². The third kappa shape index (κ3) is 5.57. The molecule has 0 aromatic carbocycles. The Balaban J connectivity index is 2.19. The van der Waals surface area contributed by atoms with E-state index in [1.807, 2.05) is 0 Å². The third-order valence-electron chi connectivity index (χ3n) is 2.00. The fourth-order valence-corrected chi connectivity index (χ4v) is 1.26. The molecule has 8 heteroatoms. The quantitative estimate of drug-likeness (QED) is 0.396. The lowest BCUT2D eigenvalue weighted by Gasteiger charge is -2.22. The molecule has 1 heterocycles. The van der Waals surface area contributed by atoms with Crippen molar-refractivity contribution >= 4 is 29.0 Å². The standard InChI is InChI=1S/C9H15N3O4S/c10-7(17)4-12-9(14)8(13)11-3-6-5-15-1-2-16-6/h6H,1-5H2,(H2,10,17)(H,11,13)(H,12,14). The molecular formula is C9H15N3O4S. The molecule has 0 radical (unpaired) electrons. The van der Waals surface area contributed by atoms with Gasteiger partial charge < -0.3 is 25.8 Å². The van der Waals surface area contributed by atoms with Crippen LogP contribution < -0.4 is 16.4 Å². The van der Waals surface area contributed by atoms with E-state index in [0.717, 1.165) is 0 Å². The monoisotopic (exact) mass is 261 g/mol. The van der Waals surface area contributed by atoms with Gasteiger partial charge in [0.25, 0.3) is 0 Å². The molecule has 4 N–H and O–H groups in total. The predicted octanol–water partition coefficient (Wildman–Crippen LogP) is -2.08. The van der Waals surface area contributed by atoms with Crippen LogP contribution in [0.25, 0.3) is 0 Å². The first kappa shape index (κ1) is 13.8. The first-order valence-corrected chi connectivity index (χ1v) is 5.54. The highest BCUT2D eigenvalue weighted by molar-refractivity contribution is 7.80. The molecule has 2 amide bonds. The highest BCUT2D eigenvalue weighted by Gasteiger charge is 2.18. The van der Waals surface area contributed by atoms with Crippen LogP contribution in [0.4, 0.5) is 0 Å². The number of thiocarbonyl (C=S) groups is 1. The summed E-state index contributed by atoms with van der Waals surface area (Å²) in [6.07, 6.45) is -0.212. The van der Waals surface area contributed by atoms with Crippen LogP contribution in [0, 0.1) is 0 Å². The average molecular weight is 261 g/mol. The van der Waals surface area contributed by atoms with Crippen LogP contribution in [0.3, 0.4) is 0 Å². The van der Waals surface area contributed by atoms with Crippen LogP contribution in [0.1, 0.15) is 0 Å². The van der Waals surface area contributed by atoms with Gasteiger partial charge in [-0.1, -0.05) is 12.2 Å². The van der Waals surface area contributed by atoms with Gasteiger partial charge >= 0.3 is 11.8 Å². The van der Waals surface area contributed by atoms with Crippen molar-refractivity contribution in [2.45, 2.75) is 6.10 Å². The van der Waals surface area contributed by atoms with Gasteiger partial charge in [-0.15, -0.1) is 0 Å². The molecule has 0 bridgehead atoms. The van der Waals surface area contributed by atoms with Crippen molar-refractivity contribution in [3.8, 4) is 0 Å². The van der Waals surface area contributed by atoms with E-state index in [9.17, 15) is 9.59 Å². The van der Waals surface area contributed by atoms with Crippen molar-refractivity contribution in [2.75, 3.05) is 32.9 Å². The molecule has 0 aliphatic carbocycles. The lowest BCUT2D eigenvalue weighted by atomic mass is 10.3. The molecule has 1 rings (SSSR count). The smallest absolute Gasteiger partial charge is 0.309 e. The Bertz CT molecular complexity index is 305. The zero-order valence-electron chi connectivity index (χ0n) is 9.23. The van der Waals surface area contributed by atoms with Gasteiger partial charge in [-0.25, -0.2) is 0 Å². The Morgan fingerprint density at radius 3 is 2.59 bits per heavy atom. The second kappa shape index (κ2) is 7.15. The normalized spacial score (nSPS) is 19.4. The molecule has 0 spiro atoms. The van der Waals surface area contributed by atoms with E-state index in [4.69, 9.17) is 15.2 Å². The third-order valence-corrected chi connectivity index (χ3v) is 2.15. The summed E-state index contributed by atoms with van der Waals surface area (Å²) in [5.74, 6) is -1.51. The second-order valence-corrected chi connectivity index (χ2v) is 3.95. The molecule has 0 aromatic heterocycles. The molecular weight excluding hydrogens is 246 g/mol. The average Bonchev–Trinajstić information content (AvgIpc) is 2.34. The van der Waals surface area contributed by atoms with E-state index in [1.165, 1.54) is 0 Å². The molecule has 7 nitrogen and oxygen atoms in total. The maximum Gasteiger partial charge on any atom is 0.309 e. The summed E-state index contributed by atoms with van der Waals surface area (Å²) in [4.78, 5) is 22.6. The van der Waals surface area contributed by atoms with Crippen molar-refractivity contribution in [1.82, 2.24) is 10.6 Å². The number of carbonyl (C=O) groups is 2. The van der Waals surface area contributed by atoms with Gasteiger partial charge in [0.1, 0.15) is 0 Å². The van der Waals surface area contributed by atoms with Crippen molar-refractivity contribution in [1.29, 1.82) is 0 Å². The number of nitrogens with two attached hydrogens (primary N) is 1. The van der Waals surface area contributed by atoms with Crippen molar-refractivity contribution in [3.63, 3.8) is 0 Å². The van der Waals surface area contributed by atoms with Crippen LogP contribution in [0.15, 0.2) is 0 Å². The molecule has 1 fully saturated rings. The highest BCUT2D eigenvalue weighted by Crippen LogP contribution is 1.98. The summed E-state index contributed by atoms with van der Waals surface area (Å²) in [5.41, 5.74) is 5.18. The van der Waals surface area contributed by atoms with Crippen molar-refractivity contribution in [2.24, 2.45) is 5.73 Å². The summed E-state index contributed by atoms with van der Waals surface area (Å²) in [6.45, 7) is 1.70. The lowest BCUT2D eigenvalue weighted by molar-refractivity contribution is -0.140. The van der Waals surface area contributed by atoms with Gasteiger partial charge in [-0.2, -0.15) is 0 Å². The topological polar surface area (TPSA) is 103 Å². The molecule has 1 saturated heterocycles. The number of hydrogen-bond acceptors (Lipinski definition) is 5. The van der Waals surface area contributed by atoms with E-state index in [1.54, 1.807) is 0 Å². The number of ether oxygens (including phenoxy) is 2. The zero-order valence-corrected chi connectivity index (χ0v) is 10.0. The molecule has 1 atom stereocenters. The Morgan fingerprint density at radius 2 is 2.00 bits per heavy atom. The number of amides is 2. The maximum atomic E-state index is 11.3. The first-order valence-electron chi connectivity index (χ1n) is 5.13. The summed E-state index contributed by atoms with van der Waals surface area (Å²) in [7, 11) is 0. The van der Waals surface area contributed by atoms with E-state index < -0.39 is 11.8 Å². The minimum atomic E-state index is -0.769. The van der Waals surface area contributed by atoms with E-state index in [-0.39, 0.29) is 24.2 Å². The minimum Gasteiger partial charge on any atom is -0.392 e. The lowest BCUT2D eigenvalue weighted by Crippen LogP contribution is -2.46. The maximum absolute atomic E-state index is 11.3. The summed E-state index contributed by atoms with van der Waals surface area (Å²) in [6, 6.07) is 0. The largest absolute Gasteiger partial charge is 0.392 e. The van der Waals surface area contributed by atoms with Crippen LogP contribution in [-0.4, -0.2) is 55.8 Å². The highest BCUT2D eigenvalue weighted by atomic mass is 32.1. The molecule has 96 valence electrons. The fourth-order valence-electron chi connectivity index (χ4n) is 1.19. The van der Waals surface area contributed by atoms with Crippen molar-refractivity contribution < 1.29 is 19.1 Å². The zero-order chi connectivity index (χ0) is 12.7. The fraction of sp³-hybridized carbons (Fsp3) is 0.667. The number of hydrogen-bond donors (Lipinski definition) is 3. The van der Waals surface area contributed by atoms with Gasteiger partial charge in [0, 0.05) is 6.54 Å². The van der Waals surface area contributed by atoms with Gasteiger partial charge in [-0.05, 0) is 0 Å². The van der Waals surface area contributed by atoms with Crippen LogP contribution in [-0.2, 0) is 19.1 Å². The number of nitrogens with one attached hydrogen (secondary N) is 2. The molecule has 0 saturated carbocycles. The van der Waals surface area contributed by atoms with Gasteiger partial charge in [-0.3, -0.25) is 9.59 Å². The van der Waals surface area contributed by atoms with Crippen LogP contribution in [0.5, 0.6) is 0 Å². The molecule has 1 aliphatic rings. The van der Waals surface area contributed by atoms with Crippen molar-refractivity contribution in [3.05, 3.63) is 0 Å². The van der Waals surface area contributed by atoms with Gasteiger partial charge in [0.15, 0.2) is 0 Å². The molecule has 1 unspecified atom stereocenters. The second-order valence-electron chi connectivity index (χ2n) is 3.43.